The van der Waals surface area contributed by atoms with E-state index in [2.05, 4.69) is 38.5 Å². The lowest BCUT2D eigenvalue weighted by Crippen LogP contribution is -2.36. The fourth-order valence-electron chi connectivity index (χ4n) is 1.78. The number of hydrogen-bond donors (Lipinski definition) is 2. The molecule has 0 saturated heterocycles. The van der Waals surface area contributed by atoms with Gasteiger partial charge in [0.1, 0.15) is 0 Å². The molecule has 21 heavy (non-hydrogen) atoms. The van der Waals surface area contributed by atoms with Crippen molar-refractivity contribution in [2.24, 2.45) is 4.99 Å². The van der Waals surface area contributed by atoms with Gasteiger partial charge in [0.25, 0.3) is 0 Å². The molecule has 0 spiro atoms. The van der Waals surface area contributed by atoms with Crippen molar-refractivity contribution in [1.29, 1.82) is 5.26 Å². The fraction of sp³-hybridized carbons (Fsp3) is 0.250. The van der Waals surface area contributed by atoms with E-state index in [1.807, 2.05) is 31.2 Å². The summed E-state index contributed by atoms with van der Waals surface area (Å²) < 4.78 is 0. The van der Waals surface area contributed by atoms with Crippen LogP contribution in [0.3, 0.4) is 0 Å². The van der Waals surface area contributed by atoms with Gasteiger partial charge in [0, 0.05) is 13.1 Å². The van der Waals surface area contributed by atoms with Gasteiger partial charge in [-0.2, -0.15) is 16.6 Å². The molecule has 0 atom stereocenters. The number of thiophene rings is 1. The lowest BCUT2D eigenvalue weighted by molar-refractivity contribution is 0.816. The van der Waals surface area contributed by atoms with E-state index in [1.165, 1.54) is 5.56 Å². The highest BCUT2D eigenvalue weighted by Gasteiger charge is 1.99. The van der Waals surface area contributed by atoms with Crippen LogP contribution >= 0.6 is 11.3 Å². The van der Waals surface area contributed by atoms with Crippen LogP contribution in [0.15, 0.2) is 46.1 Å². The summed E-state index contributed by atoms with van der Waals surface area (Å²) in [7, 11) is 0. The molecule has 0 aliphatic rings. The van der Waals surface area contributed by atoms with Crippen molar-refractivity contribution >= 4 is 17.3 Å². The molecule has 2 rings (SSSR count). The average Bonchev–Trinajstić information content (AvgIpc) is 3.04. The number of nitrogens with zero attached hydrogens (tertiary/aromatic N) is 2. The molecule has 0 bridgehead atoms. The highest BCUT2D eigenvalue weighted by atomic mass is 32.1. The highest BCUT2D eigenvalue weighted by molar-refractivity contribution is 7.07. The third-order valence-electron chi connectivity index (χ3n) is 2.89. The van der Waals surface area contributed by atoms with E-state index in [9.17, 15) is 0 Å². The van der Waals surface area contributed by atoms with E-state index in [0.717, 1.165) is 18.1 Å². The monoisotopic (exact) mass is 298 g/mol. The second-order valence-electron chi connectivity index (χ2n) is 4.49. The Labute approximate surface area is 129 Å². The second-order valence-corrected chi connectivity index (χ2v) is 5.27. The highest BCUT2D eigenvalue weighted by Crippen LogP contribution is 2.07. The van der Waals surface area contributed by atoms with Crippen LogP contribution in [0.4, 0.5) is 0 Å². The molecule has 1 aromatic heterocycles. The molecule has 0 amide bonds. The largest absolute Gasteiger partial charge is 0.357 e. The minimum Gasteiger partial charge on any atom is -0.357 e. The first-order valence-corrected chi connectivity index (χ1v) is 7.78. The average molecular weight is 298 g/mol. The molecule has 108 valence electrons. The summed E-state index contributed by atoms with van der Waals surface area (Å²) in [6.07, 6.45) is 0. The van der Waals surface area contributed by atoms with E-state index in [0.29, 0.717) is 18.7 Å². The molecule has 0 fully saturated rings. The Morgan fingerprint density at radius 1 is 1.19 bits per heavy atom. The molecular weight excluding hydrogens is 280 g/mol. The Bertz CT molecular complexity index is 609. The molecule has 0 radical (unpaired) electrons. The van der Waals surface area contributed by atoms with Crippen molar-refractivity contribution < 1.29 is 0 Å². The van der Waals surface area contributed by atoms with Gasteiger partial charge in [-0.25, -0.2) is 4.99 Å². The molecule has 4 nitrogen and oxygen atoms in total. The standard InChI is InChI=1S/C16H18N4S/c1-2-18-16(20-11-15-7-8-21-12-15)19-10-14-5-3-13(9-17)4-6-14/h3-8,12H,2,10-11H2,1H3,(H2,18,19,20). The normalized spacial score (nSPS) is 11.0. The minimum atomic E-state index is 0.673. The van der Waals surface area contributed by atoms with Gasteiger partial charge in [0.2, 0.25) is 0 Å². The van der Waals surface area contributed by atoms with Crippen LogP contribution in [-0.4, -0.2) is 12.5 Å². The third kappa shape index (κ3) is 4.93. The van der Waals surface area contributed by atoms with Crippen LogP contribution in [0.1, 0.15) is 23.6 Å². The zero-order valence-electron chi connectivity index (χ0n) is 12.0. The smallest absolute Gasteiger partial charge is 0.191 e. The fourth-order valence-corrected chi connectivity index (χ4v) is 2.44. The quantitative estimate of drug-likeness (QED) is 0.659. The van der Waals surface area contributed by atoms with Gasteiger partial charge in [-0.15, -0.1) is 0 Å². The number of nitriles is 1. The second kappa shape index (κ2) is 8.08. The van der Waals surface area contributed by atoms with Gasteiger partial charge in [-0.05, 0) is 47.0 Å². The molecule has 0 unspecified atom stereocenters. The molecule has 2 N–H and O–H groups in total. The number of guanidine groups is 1. The first kappa shape index (κ1) is 15.1. The van der Waals surface area contributed by atoms with E-state index < -0.39 is 0 Å². The maximum Gasteiger partial charge on any atom is 0.191 e. The topological polar surface area (TPSA) is 60.2 Å². The Kier molecular flexibility index (Phi) is 5.80. The van der Waals surface area contributed by atoms with Crippen molar-refractivity contribution in [2.45, 2.75) is 20.0 Å². The zero-order valence-corrected chi connectivity index (χ0v) is 12.8. The number of rotatable bonds is 5. The van der Waals surface area contributed by atoms with Crippen LogP contribution in [-0.2, 0) is 13.1 Å². The Hall–Kier alpha value is -2.32. The predicted molar refractivity (Wildman–Crippen MR) is 87.1 cm³/mol. The van der Waals surface area contributed by atoms with Crippen molar-refractivity contribution in [1.82, 2.24) is 10.6 Å². The van der Waals surface area contributed by atoms with Crippen molar-refractivity contribution in [3.63, 3.8) is 0 Å². The van der Waals surface area contributed by atoms with Gasteiger partial charge < -0.3 is 10.6 Å². The molecule has 5 heteroatoms. The van der Waals surface area contributed by atoms with Crippen LogP contribution in [0.25, 0.3) is 0 Å². The van der Waals surface area contributed by atoms with Crippen LogP contribution < -0.4 is 10.6 Å². The molecule has 0 saturated carbocycles. The van der Waals surface area contributed by atoms with Crippen molar-refractivity contribution in [3.8, 4) is 6.07 Å². The number of aliphatic imine (C=N–C) groups is 1. The summed E-state index contributed by atoms with van der Waals surface area (Å²) in [5.41, 5.74) is 3.02. The minimum absolute atomic E-state index is 0.673. The number of hydrogen-bond acceptors (Lipinski definition) is 3. The van der Waals surface area contributed by atoms with E-state index in [1.54, 1.807) is 11.3 Å². The van der Waals surface area contributed by atoms with Crippen LogP contribution in [0.2, 0.25) is 0 Å². The van der Waals surface area contributed by atoms with E-state index >= 15 is 0 Å². The molecule has 1 heterocycles. The van der Waals surface area contributed by atoms with Crippen molar-refractivity contribution in [3.05, 3.63) is 57.8 Å². The summed E-state index contributed by atoms with van der Waals surface area (Å²) in [4.78, 5) is 4.55. The summed E-state index contributed by atoms with van der Waals surface area (Å²) in [6, 6.07) is 11.8. The molecular formula is C16H18N4S. The zero-order chi connectivity index (χ0) is 14.9. The number of benzene rings is 1. The van der Waals surface area contributed by atoms with Gasteiger partial charge in [0.05, 0.1) is 18.2 Å². The lowest BCUT2D eigenvalue weighted by Gasteiger charge is -2.11. The maximum atomic E-state index is 8.78. The molecule has 1 aromatic carbocycles. The predicted octanol–water partition coefficient (Wildman–Crippen LogP) is 2.88. The van der Waals surface area contributed by atoms with Gasteiger partial charge in [-0.3, -0.25) is 0 Å². The van der Waals surface area contributed by atoms with E-state index in [4.69, 9.17) is 5.26 Å². The van der Waals surface area contributed by atoms with Crippen LogP contribution in [0, 0.1) is 11.3 Å². The number of nitrogens with one attached hydrogen (secondary N) is 2. The van der Waals surface area contributed by atoms with Crippen LogP contribution in [0.5, 0.6) is 0 Å². The lowest BCUT2D eigenvalue weighted by atomic mass is 10.1. The summed E-state index contributed by atoms with van der Waals surface area (Å²) in [6.45, 7) is 4.22. The first-order valence-electron chi connectivity index (χ1n) is 6.84. The molecule has 0 aliphatic carbocycles. The van der Waals surface area contributed by atoms with E-state index in [-0.39, 0.29) is 0 Å². The molecule has 2 aromatic rings. The van der Waals surface area contributed by atoms with Gasteiger partial charge in [-0.1, -0.05) is 12.1 Å². The summed E-state index contributed by atoms with van der Waals surface area (Å²) in [5.74, 6) is 0.799. The Morgan fingerprint density at radius 2 is 2.00 bits per heavy atom. The third-order valence-corrected chi connectivity index (χ3v) is 3.62. The van der Waals surface area contributed by atoms with Gasteiger partial charge in [0.15, 0.2) is 5.96 Å². The SMILES string of the molecule is CCNC(=NCc1ccsc1)NCc1ccc(C#N)cc1. The summed E-state index contributed by atoms with van der Waals surface area (Å²) >= 11 is 1.68. The van der Waals surface area contributed by atoms with Gasteiger partial charge >= 0.3 is 0 Å². The molecule has 0 aliphatic heterocycles. The maximum absolute atomic E-state index is 8.78. The Morgan fingerprint density at radius 3 is 2.62 bits per heavy atom. The first-order chi connectivity index (χ1) is 10.3. The summed E-state index contributed by atoms with van der Waals surface area (Å²) in [5, 5.41) is 19.5. The van der Waals surface area contributed by atoms with Crippen molar-refractivity contribution in [2.75, 3.05) is 6.54 Å². The Balaban J connectivity index is 1.92.